The van der Waals surface area contributed by atoms with Crippen molar-refractivity contribution in [3.8, 4) is 0 Å². The second kappa shape index (κ2) is 5.90. The topological polar surface area (TPSA) is 75.9 Å². The molecule has 0 spiro atoms. The molecular weight excluding hydrogens is 268 g/mol. The zero-order valence-electron chi connectivity index (χ0n) is 11.9. The number of amides is 1. The molecule has 1 aliphatic heterocycles. The van der Waals surface area contributed by atoms with Crippen molar-refractivity contribution in [2.24, 2.45) is 13.0 Å². The molecule has 2 aromatic heterocycles. The van der Waals surface area contributed by atoms with Crippen molar-refractivity contribution in [1.82, 2.24) is 24.8 Å². The molecule has 3 heterocycles. The van der Waals surface area contributed by atoms with Crippen LogP contribution in [0.15, 0.2) is 30.9 Å². The van der Waals surface area contributed by atoms with Gasteiger partial charge in [0.05, 0.1) is 12.5 Å². The van der Waals surface area contributed by atoms with Gasteiger partial charge in [-0.2, -0.15) is 0 Å². The van der Waals surface area contributed by atoms with E-state index in [4.69, 9.17) is 0 Å². The average Bonchev–Trinajstić information content (AvgIpc) is 3.15. The number of carbonyl (C=O) groups is 1. The van der Waals surface area contributed by atoms with Crippen LogP contribution in [0.1, 0.15) is 12.2 Å². The number of carbonyl (C=O) groups excluding carboxylic acids is 1. The minimum Gasteiger partial charge on any atom is -0.349 e. The van der Waals surface area contributed by atoms with E-state index in [0.29, 0.717) is 19.0 Å². The molecule has 1 amide bonds. The molecule has 1 atom stereocenters. The standard InChI is InChI=1S/C14H18N6O/c1-19-8-6-15-12(19)9-18-13(21)11-3-7-20(10-11)14-16-4-2-5-17-14/h2,4-6,8,11H,3,7,9-10H2,1H3,(H,18,21)/t11-/m0/s1. The molecule has 7 heteroatoms. The smallest absolute Gasteiger partial charge is 0.225 e. The van der Waals surface area contributed by atoms with Crippen LogP contribution in [0.4, 0.5) is 5.95 Å². The molecule has 0 bridgehead atoms. The molecule has 0 aromatic carbocycles. The fraction of sp³-hybridized carbons (Fsp3) is 0.429. The Morgan fingerprint density at radius 3 is 2.86 bits per heavy atom. The first-order chi connectivity index (χ1) is 10.2. The lowest BCUT2D eigenvalue weighted by Crippen LogP contribution is -2.33. The zero-order chi connectivity index (χ0) is 14.7. The SMILES string of the molecule is Cn1ccnc1CNC(=O)[C@H]1CCN(c2ncccn2)C1. The highest BCUT2D eigenvalue weighted by molar-refractivity contribution is 5.79. The van der Waals surface area contributed by atoms with E-state index in [1.165, 1.54) is 0 Å². The summed E-state index contributed by atoms with van der Waals surface area (Å²) >= 11 is 0. The largest absolute Gasteiger partial charge is 0.349 e. The molecule has 1 fully saturated rings. The normalized spacial score (nSPS) is 18.0. The van der Waals surface area contributed by atoms with Crippen LogP contribution in [-0.4, -0.2) is 38.5 Å². The van der Waals surface area contributed by atoms with E-state index in [-0.39, 0.29) is 11.8 Å². The first kappa shape index (κ1) is 13.5. The summed E-state index contributed by atoms with van der Waals surface area (Å²) in [6, 6.07) is 1.79. The Balaban J connectivity index is 1.54. The first-order valence-electron chi connectivity index (χ1n) is 7.00. The number of aryl methyl sites for hydroxylation is 1. The van der Waals surface area contributed by atoms with E-state index in [1.807, 2.05) is 22.7 Å². The number of nitrogens with zero attached hydrogens (tertiary/aromatic N) is 5. The minimum atomic E-state index is -0.0194. The van der Waals surface area contributed by atoms with Crippen molar-refractivity contribution in [1.29, 1.82) is 0 Å². The number of hydrogen-bond acceptors (Lipinski definition) is 5. The van der Waals surface area contributed by atoms with Gasteiger partial charge in [-0.3, -0.25) is 4.79 Å². The van der Waals surface area contributed by atoms with E-state index in [2.05, 4.69) is 20.3 Å². The lowest BCUT2D eigenvalue weighted by molar-refractivity contribution is -0.124. The van der Waals surface area contributed by atoms with Crippen molar-refractivity contribution >= 4 is 11.9 Å². The predicted molar refractivity (Wildman–Crippen MR) is 77.4 cm³/mol. The molecule has 3 rings (SSSR count). The highest BCUT2D eigenvalue weighted by Crippen LogP contribution is 2.20. The Morgan fingerprint density at radius 1 is 1.33 bits per heavy atom. The van der Waals surface area contributed by atoms with Crippen LogP contribution in [0, 0.1) is 5.92 Å². The van der Waals surface area contributed by atoms with Gasteiger partial charge in [-0.25, -0.2) is 15.0 Å². The maximum atomic E-state index is 12.2. The van der Waals surface area contributed by atoms with Gasteiger partial charge in [-0.05, 0) is 12.5 Å². The van der Waals surface area contributed by atoms with Gasteiger partial charge >= 0.3 is 0 Å². The fourth-order valence-corrected chi connectivity index (χ4v) is 2.49. The second-order valence-corrected chi connectivity index (χ2v) is 5.15. The Kier molecular flexibility index (Phi) is 3.81. The lowest BCUT2D eigenvalue weighted by atomic mass is 10.1. The van der Waals surface area contributed by atoms with Crippen LogP contribution >= 0.6 is 0 Å². The quantitative estimate of drug-likeness (QED) is 0.878. The van der Waals surface area contributed by atoms with E-state index in [9.17, 15) is 4.79 Å². The van der Waals surface area contributed by atoms with Crippen LogP contribution in [0.5, 0.6) is 0 Å². The average molecular weight is 286 g/mol. The lowest BCUT2D eigenvalue weighted by Gasteiger charge is -2.15. The van der Waals surface area contributed by atoms with E-state index in [0.717, 1.165) is 18.8 Å². The number of imidazole rings is 1. The Labute approximate surface area is 123 Å². The number of rotatable bonds is 4. The second-order valence-electron chi connectivity index (χ2n) is 5.15. The summed E-state index contributed by atoms with van der Waals surface area (Å²) in [5.74, 6) is 1.59. The van der Waals surface area contributed by atoms with Gasteiger partial charge in [0.2, 0.25) is 11.9 Å². The molecule has 0 radical (unpaired) electrons. The van der Waals surface area contributed by atoms with Crippen molar-refractivity contribution < 1.29 is 4.79 Å². The van der Waals surface area contributed by atoms with Crippen molar-refractivity contribution in [2.75, 3.05) is 18.0 Å². The van der Waals surface area contributed by atoms with Crippen LogP contribution in [0.2, 0.25) is 0 Å². The van der Waals surface area contributed by atoms with Crippen molar-refractivity contribution in [3.63, 3.8) is 0 Å². The number of nitrogens with one attached hydrogen (secondary N) is 1. The monoisotopic (exact) mass is 286 g/mol. The molecule has 2 aromatic rings. The van der Waals surface area contributed by atoms with Crippen LogP contribution in [0.3, 0.4) is 0 Å². The summed E-state index contributed by atoms with van der Waals surface area (Å²) in [4.78, 5) is 26.9. The highest BCUT2D eigenvalue weighted by Gasteiger charge is 2.29. The Hall–Kier alpha value is -2.44. The van der Waals surface area contributed by atoms with E-state index in [1.54, 1.807) is 24.7 Å². The molecule has 1 saturated heterocycles. The molecule has 0 aliphatic carbocycles. The summed E-state index contributed by atoms with van der Waals surface area (Å²) in [5, 5.41) is 2.95. The molecule has 1 aliphatic rings. The van der Waals surface area contributed by atoms with Gasteiger partial charge in [-0.1, -0.05) is 0 Å². The third-order valence-electron chi connectivity index (χ3n) is 3.74. The van der Waals surface area contributed by atoms with Crippen molar-refractivity contribution in [2.45, 2.75) is 13.0 Å². The molecule has 7 nitrogen and oxygen atoms in total. The van der Waals surface area contributed by atoms with Crippen molar-refractivity contribution in [3.05, 3.63) is 36.7 Å². The Bertz CT molecular complexity index is 611. The third-order valence-corrected chi connectivity index (χ3v) is 3.74. The van der Waals surface area contributed by atoms with Crippen LogP contribution < -0.4 is 10.2 Å². The van der Waals surface area contributed by atoms with Gasteiger partial charge < -0.3 is 14.8 Å². The summed E-state index contributed by atoms with van der Waals surface area (Å²) in [5.41, 5.74) is 0. The molecule has 21 heavy (non-hydrogen) atoms. The maximum Gasteiger partial charge on any atom is 0.225 e. The first-order valence-corrected chi connectivity index (χ1v) is 7.00. The molecule has 0 saturated carbocycles. The summed E-state index contributed by atoms with van der Waals surface area (Å²) in [7, 11) is 1.92. The Morgan fingerprint density at radius 2 is 2.14 bits per heavy atom. The maximum absolute atomic E-state index is 12.2. The predicted octanol–water partition coefficient (Wildman–Crippen LogP) is 0.353. The number of aromatic nitrogens is 4. The zero-order valence-corrected chi connectivity index (χ0v) is 11.9. The van der Waals surface area contributed by atoms with Gasteiger partial charge in [0.15, 0.2) is 0 Å². The van der Waals surface area contributed by atoms with Crippen LogP contribution in [0.25, 0.3) is 0 Å². The summed E-state index contributed by atoms with van der Waals surface area (Å²) < 4.78 is 1.90. The summed E-state index contributed by atoms with van der Waals surface area (Å²) in [6.07, 6.45) is 7.86. The minimum absolute atomic E-state index is 0.0194. The summed E-state index contributed by atoms with van der Waals surface area (Å²) in [6.45, 7) is 1.93. The van der Waals surface area contributed by atoms with Gasteiger partial charge in [-0.15, -0.1) is 0 Å². The van der Waals surface area contributed by atoms with E-state index >= 15 is 0 Å². The fourth-order valence-electron chi connectivity index (χ4n) is 2.49. The molecule has 1 N–H and O–H groups in total. The van der Waals surface area contributed by atoms with Crippen LogP contribution in [-0.2, 0) is 18.4 Å². The molecule has 0 unspecified atom stereocenters. The number of anilines is 1. The molecule has 110 valence electrons. The number of hydrogen-bond donors (Lipinski definition) is 1. The van der Waals surface area contributed by atoms with E-state index < -0.39 is 0 Å². The third kappa shape index (κ3) is 3.01. The van der Waals surface area contributed by atoms with Gasteiger partial charge in [0.25, 0.3) is 0 Å². The van der Waals surface area contributed by atoms with Gasteiger partial charge in [0.1, 0.15) is 5.82 Å². The highest BCUT2D eigenvalue weighted by atomic mass is 16.1. The molecular formula is C14H18N6O. The van der Waals surface area contributed by atoms with Gasteiger partial charge in [0, 0.05) is 44.9 Å².